The number of nitro benzene ring substituents is 1. The van der Waals surface area contributed by atoms with Crippen molar-refractivity contribution in [2.45, 2.75) is 25.4 Å². The van der Waals surface area contributed by atoms with E-state index in [0.29, 0.717) is 24.4 Å². The number of benzene rings is 1. The van der Waals surface area contributed by atoms with Gasteiger partial charge in [-0.05, 0) is 18.9 Å². The van der Waals surface area contributed by atoms with Crippen molar-refractivity contribution in [1.82, 2.24) is 9.88 Å². The van der Waals surface area contributed by atoms with E-state index in [9.17, 15) is 19.7 Å². The van der Waals surface area contributed by atoms with Crippen molar-refractivity contribution in [3.63, 3.8) is 0 Å². The molecule has 3 rings (SSSR count). The average Bonchev–Trinajstić information content (AvgIpc) is 2.68. The molecule has 2 aromatic rings. The Labute approximate surface area is 161 Å². The zero-order chi connectivity index (χ0) is 20.1. The maximum atomic E-state index is 12.7. The zero-order valence-corrected chi connectivity index (χ0v) is 15.1. The number of primary amides is 1. The van der Waals surface area contributed by atoms with Crippen molar-refractivity contribution in [3.8, 4) is 5.75 Å². The van der Waals surface area contributed by atoms with Gasteiger partial charge in [-0.3, -0.25) is 24.7 Å². The van der Waals surface area contributed by atoms with Crippen molar-refractivity contribution in [1.29, 1.82) is 0 Å². The van der Waals surface area contributed by atoms with Crippen molar-refractivity contribution in [2.24, 2.45) is 5.73 Å². The maximum absolute atomic E-state index is 12.7. The van der Waals surface area contributed by atoms with E-state index in [1.54, 1.807) is 29.2 Å². The number of nitrogens with zero attached hydrogens (tertiary/aromatic N) is 3. The van der Waals surface area contributed by atoms with E-state index in [1.807, 2.05) is 0 Å². The van der Waals surface area contributed by atoms with Crippen LogP contribution in [0.4, 0.5) is 5.69 Å². The van der Waals surface area contributed by atoms with Crippen LogP contribution in [0.15, 0.2) is 42.6 Å². The Balaban J connectivity index is 1.65. The highest BCUT2D eigenvalue weighted by Crippen LogP contribution is 2.22. The Kier molecular flexibility index (Phi) is 5.83. The molecule has 1 aliphatic rings. The summed E-state index contributed by atoms with van der Waals surface area (Å²) >= 11 is 0. The number of rotatable bonds is 6. The van der Waals surface area contributed by atoms with E-state index < -0.39 is 10.8 Å². The van der Waals surface area contributed by atoms with Gasteiger partial charge in [0.25, 0.3) is 11.6 Å². The third-order valence-electron chi connectivity index (χ3n) is 4.55. The van der Waals surface area contributed by atoms with E-state index >= 15 is 0 Å². The first-order valence-corrected chi connectivity index (χ1v) is 8.86. The molecule has 0 spiro atoms. The number of amides is 2. The molecule has 1 saturated heterocycles. The second-order valence-corrected chi connectivity index (χ2v) is 6.53. The second-order valence-electron chi connectivity index (χ2n) is 6.53. The largest absolute Gasteiger partial charge is 0.488 e. The minimum Gasteiger partial charge on any atom is -0.488 e. The van der Waals surface area contributed by atoms with Crippen LogP contribution < -0.4 is 10.5 Å². The highest BCUT2D eigenvalue weighted by Gasteiger charge is 2.26. The fourth-order valence-electron chi connectivity index (χ4n) is 3.19. The molecule has 0 radical (unpaired) electrons. The monoisotopic (exact) mass is 384 g/mol. The number of hydrogen-bond acceptors (Lipinski definition) is 6. The number of piperidine rings is 1. The molecular formula is C19H20N4O5. The highest BCUT2D eigenvalue weighted by atomic mass is 16.6. The molecule has 1 atom stereocenters. The normalized spacial score (nSPS) is 16.4. The van der Waals surface area contributed by atoms with Crippen LogP contribution in [-0.2, 0) is 11.2 Å². The van der Waals surface area contributed by atoms with Crippen molar-refractivity contribution < 1.29 is 19.2 Å². The smallest absolute Gasteiger partial charge is 0.273 e. The maximum Gasteiger partial charge on any atom is 0.273 e. The third kappa shape index (κ3) is 4.61. The summed E-state index contributed by atoms with van der Waals surface area (Å²) in [6.45, 7) is 0.940. The van der Waals surface area contributed by atoms with Crippen LogP contribution in [0.25, 0.3) is 0 Å². The van der Waals surface area contributed by atoms with E-state index in [4.69, 9.17) is 10.5 Å². The molecule has 9 nitrogen and oxygen atoms in total. The van der Waals surface area contributed by atoms with Gasteiger partial charge in [-0.1, -0.05) is 18.2 Å². The summed E-state index contributed by atoms with van der Waals surface area (Å²) in [5, 5.41) is 11.1. The van der Waals surface area contributed by atoms with Crippen LogP contribution in [0.1, 0.15) is 28.9 Å². The first kappa shape index (κ1) is 19.3. The van der Waals surface area contributed by atoms with E-state index in [0.717, 1.165) is 12.8 Å². The van der Waals surface area contributed by atoms with Gasteiger partial charge in [0.15, 0.2) is 0 Å². The summed E-state index contributed by atoms with van der Waals surface area (Å²) < 4.78 is 5.89. The fourth-order valence-corrected chi connectivity index (χ4v) is 3.19. The molecule has 1 unspecified atom stereocenters. The lowest BCUT2D eigenvalue weighted by Crippen LogP contribution is -2.45. The summed E-state index contributed by atoms with van der Waals surface area (Å²) in [7, 11) is 0. The molecule has 1 fully saturated rings. The first-order valence-electron chi connectivity index (χ1n) is 8.86. The SMILES string of the molecule is NC(=O)c1cc(OC2CCCN(C(=O)Cc3ccccc3[N+](=O)[O-])C2)ccn1. The Morgan fingerprint density at radius 2 is 2.11 bits per heavy atom. The Morgan fingerprint density at radius 1 is 1.32 bits per heavy atom. The van der Waals surface area contributed by atoms with Gasteiger partial charge in [-0.2, -0.15) is 0 Å². The Bertz CT molecular complexity index is 901. The van der Waals surface area contributed by atoms with E-state index in [-0.39, 0.29) is 29.8 Å². The van der Waals surface area contributed by atoms with Gasteiger partial charge >= 0.3 is 0 Å². The van der Waals surface area contributed by atoms with E-state index in [1.165, 1.54) is 18.3 Å². The summed E-state index contributed by atoms with van der Waals surface area (Å²) in [5.74, 6) is -0.368. The van der Waals surface area contributed by atoms with Gasteiger partial charge in [0, 0.05) is 30.4 Å². The number of nitrogens with two attached hydrogens (primary N) is 1. The number of aromatic nitrogens is 1. The van der Waals surface area contributed by atoms with Gasteiger partial charge in [0.2, 0.25) is 5.91 Å². The molecule has 1 aromatic heterocycles. The van der Waals surface area contributed by atoms with Crippen LogP contribution in [0.3, 0.4) is 0 Å². The number of para-hydroxylation sites is 1. The first-order chi connectivity index (χ1) is 13.4. The molecule has 2 heterocycles. The average molecular weight is 384 g/mol. The summed E-state index contributed by atoms with van der Waals surface area (Å²) in [6.07, 6.45) is 2.66. The fraction of sp³-hybridized carbons (Fsp3) is 0.316. The van der Waals surface area contributed by atoms with Crippen LogP contribution >= 0.6 is 0 Å². The number of likely N-dealkylation sites (tertiary alicyclic amines) is 1. The zero-order valence-electron chi connectivity index (χ0n) is 15.1. The van der Waals surface area contributed by atoms with Gasteiger partial charge in [0.1, 0.15) is 17.5 Å². The lowest BCUT2D eigenvalue weighted by molar-refractivity contribution is -0.385. The molecule has 0 bridgehead atoms. The molecule has 28 heavy (non-hydrogen) atoms. The standard InChI is InChI=1S/C19H20N4O5/c20-19(25)16-11-14(7-8-21-16)28-15-5-3-9-22(12-15)18(24)10-13-4-1-2-6-17(13)23(26)27/h1-2,4,6-8,11,15H,3,5,9-10,12H2,(H2,20,25). The number of carbonyl (C=O) groups excluding carboxylic acids is 2. The Hall–Kier alpha value is -3.49. The molecule has 0 saturated carbocycles. The van der Waals surface area contributed by atoms with Crippen LogP contribution in [0.2, 0.25) is 0 Å². The number of hydrogen-bond donors (Lipinski definition) is 1. The molecule has 2 N–H and O–H groups in total. The van der Waals surface area contributed by atoms with Crippen molar-refractivity contribution in [3.05, 3.63) is 64.0 Å². The molecule has 0 aliphatic carbocycles. The van der Waals surface area contributed by atoms with Gasteiger partial charge in [-0.25, -0.2) is 0 Å². The summed E-state index contributed by atoms with van der Waals surface area (Å²) in [6, 6.07) is 9.33. The lowest BCUT2D eigenvalue weighted by atomic mass is 10.1. The molecule has 1 aromatic carbocycles. The van der Waals surface area contributed by atoms with Crippen LogP contribution in [0, 0.1) is 10.1 Å². The minimum absolute atomic E-state index is 0.0368. The van der Waals surface area contributed by atoms with Crippen molar-refractivity contribution in [2.75, 3.05) is 13.1 Å². The predicted octanol–water partition coefficient (Wildman–Crippen LogP) is 1.70. The van der Waals surface area contributed by atoms with Crippen molar-refractivity contribution >= 4 is 17.5 Å². The quantitative estimate of drug-likeness (QED) is 0.596. The summed E-state index contributed by atoms with van der Waals surface area (Å²) in [4.78, 5) is 40.1. The molecule has 2 amide bonds. The number of carbonyl (C=O) groups is 2. The summed E-state index contributed by atoms with van der Waals surface area (Å²) in [5.41, 5.74) is 5.67. The molecular weight excluding hydrogens is 364 g/mol. The van der Waals surface area contributed by atoms with Gasteiger partial charge in [0.05, 0.1) is 17.9 Å². The molecule has 9 heteroatoms. The second kappa shape index (κ2) is 8.47. The number of pyridine rings is 1. The van der Waals surface area contributed by atoms with Crippen LogP contribution in [-0.4, -0.2) is 45.8 Å². The molecule has 1 aliphatic heterocycles. The number of ether oxygens (including phenoxy) is 1. The predicted molar refractivity (Wildman–Crippen MR) is 99.8 cm³/mol. The topological polar surface area (TPSA) is 129 Å². The Morgan fingerprint density at radius 3 is 2.86 bits per heavy atom. The molecule has 146 valence electrons. The van der Waals surface area contributed by atoms with Gasteiger partial charge < -0.3 is 15.4 Å². The number of nitro groups is 1. The lowest BCUT2D eigenvalue weighted by Gasteiger charge is -2.33. The van der Waals surface area contributed by atoms with E-state index in [2.05, 4.69) is 4.98 Å². The van der Waals surface area contributed by atoms with Gasteiger partial charge in [-0.15, -0.1) is 0 Å². The highest BCUT2D eigenvalue weighted by molar-refractivity contribution is 5.91. The minimum atomic E-state index is -0.643. The third-order valence-corrected chi connectivity index (χ3v) is 4.55. The van der Waals surface area contributed by atoms with Crippen LogP contribution in [0.5, 0.6) is 5.75 Å².